The number of hydrogen-bond donors (Lipinski definition) is 1. The molecule has 110 valence electrons. The summed E-state index contributed by atoms with van der Waals surface area (Å²) in [5, 5.41) is 3.07. The number of pyridine rings is 2. The molecule has 0 aliphatic heterocycles. The highest BCUT2D eigenvalue weighted by Crippen LogP contribution is 2.18. The molecular formula is C17H21N3O. The average molecular weight is 283 g/mol. The number of carbonyl (C=O) groups excluding carboxylic acids is 1. The molecule has 0 spiro atoms. The third-order valence-electron chi connectivity index (χ3n) is 3.44. The number of amides is 1. The van der Waals surface area contributed by atoms with Gasteiger partial charge in [-0.05, 0) is 51.0 Å². The second-order valence-corrected chi connectivity index (χ2v) is 5.28. The Hall–Kier alpha value is -2.23. The second kappa shape index (κ2) is 6.48. The Labute approximate surface area is 125 Å². The van der Waals surface area contributed by atoms with E-state index in [1.807, 2.05) is 39.8 Å². The molecule has 2 rings (SSSR count). The van der Waals surface area contributed by atoms with Crippen molar-refractivity contribution in [3.63, 3.8) is 0 Å². The van der Waals surface area contributed by atoms with Crippen LogP contribution in [-0.4, -0.2) is 15.9 Å². The number of rotatable bonds is 4. The summed E-state index contributed by atoms with van der Waals surface area (Å²) < 4.78 is 0. The molecule has 2 heterocycles. The lowest BCUT2D eigenvalue weighted by Crippen LogP contribution is -2.29. The van der Waals surface area contributed by atoms with E-state index in [9.17, 15) is 4.79 Å². The van der Waals surface area contributed by atoms with E-state index in [1.165, 1.54) is 0 Å². The zero-order valence-electron chi connectivity index (χ0n) is 13.0. The molecule has 0 unspecified atom stereocenters. The highest BCUT2D eigenvalue weighted by molar-refractivity contribution is 5.94. The predicted octanol–water partition coefficient (Wildman–Crippen LogP) is 3.28. The molecule has 4 nitrogen and oxygen atoms in total. The molecule has 1 atom stereocenters. The summed E-state index contributed by atoms with van der Waals surface area (Å²) in [6.07, 6.45) is 2.56. The van der Waals surface area contributed by atoms with Crippen molar-refractivity contribution in [1.82, 2.24) is 15.3 Å². The lowest BCUT2D eigenvalue weighted by atomic mass is 10.0. The largest absolute Gasteiger partial charge is 0.344 e. The van der Waals surface area contributed by atoms with Gasteiger partial charge in [-0.3, -0.25) is 14.8 Å². The standard InChI is InChI=1S/C17H21N3O/c1-5-15(16-11(2)7-6-8-18-16)20-17(21)14-9-12(3)19-13(4)10-14/h6-10,15H,5H2,1-4H3,(H,20,21)/t15-/m0/s1. The summed E-state index contributed by atoms with van der Waals surface area (Å²) in [5.41, 5.74) is 4.36. The summed E-state index contributed by atoms with van der Waals surface area (Å²) in [7, 11) is 0. The quantitative estimate of drug-likeness (QED) is 0.936. The van der Waals surface area contributed by atoms with Gasteiger partial charge in [0.25, 0.3) is 5.91 Å². The Morgan fingerprint density at radius 3 is 2.48 bits per heavy atom. The first-order valence-electron chi connectivity index (χ1n) is 7.19. The van der Waals surface area contributed by atoms with Crippen molar-refractivity contribution < 1.29 is 4.79 Å². The fourth-order valence-corrected chi connectivity index (χ4v) is 2.43. The molecule has 4 heteroatoms. The van der Waals surface area contributed by atoms with Crippen molar-refractivity contribution in [2.24, 2.45) is 0 Å². The number of carbonyl (C=O) groups is 1. The molecule has 2 aromatic rings. The van der Waals surface area contributed by atoms with E-state index in [0.717, 1.165) is 29.1 Å². The Balaban J connectivity index is 2.22. The predicted molar refractivity (Wildman–Crippen MR) is 83.2 cm³/mol. The van der Waals surface area contributed by atoms with Gasteiger partial charge in [-0.2, -0.15) is 0 Å². The molecule has 21 heavy (non-hydrogen) atoms. The van der Waals surface area contributed by atoms with E-state index < -0.39 is 0 Å². The topological polar surface area (TPSA) is 54.9 Å². The zero-order valence-corrected chi connectivity index (χ0v) is 13.0. The van der Waals surface area contributed by atoms with Crippen molar-refractivity contribution in [2.75, 3.05) is 0 Å². The molecule has 0 radical (unpaired) electrons. The van der Waals surface area contributed by atoms with Gasteiger partial charge in [0.2, 0.25) is 0 Å². The Kier molecular flexibility index (Phi) is 4.68. The van der Waals surface area contributed by atoms with E-state index >= 15 is 0 Å². The minimum absolute atomic E-state index is 0.0764. The third kappa shape index (κ3) is 3.66. The molecule has 0 aliphatic rings. The average Bonchev–Trinajstić information content (AvgIpc) is 2.44. The summed E-state index contributed by atoms with van der Waals surface area (Å²) in [4.78, 5) is 21.1. The van der Waals surface area contributed by atoms with Crippen LogP contribution in [0.2, 0.25) is 0 Å². The number of aromatic nitrogens is 2. The number of aryl methyl sites for hydroxylation is 3. The normalized spacial score (nSPS) is 12.0. The smallest absolute Gasteiger partial charge is 0.251 e. The van der Waals surface area contributed by atoms with E-state index in [-0.39, 0.29) is 11.9 Å². The maximum Gasteiger partial charge on any atom is 0.251 e. The van der Waals surface area contributed by atoms with Gasteiger partial charge in [-0.25, -0.2) is 0 Å². The molecule has 1 amide bonds. The maximum atomic E-state index is 12.4. The van der Waals surface area contributed by atoms with Crippen LogP contribution < -0.4 is 5.32 Å². The van der Waals surface area contributed by atoms with E-state index in [1.54, 1.807) is 18.3 Å². The van der Waals surface area contributed by atoms with Gasteiger partial charge in [-0.1, -0.05) is 13.0 Å². The molecule has 0 saturated carbocycles. The van der Waals surface area contributed by atoms with Gasteiger partial charge in [-0.15, -0.1) is 0 Å². The minimum Gasteiger partial charge on any atom is -0.344 e. The Bertz CT molecular complexity index is 632. The first kappa shape index (κ1) is 15.2. The zero-order chi connectivity index (χ0) is 15.4. The lowest BCUT2D eigenvalue weighted by Gasteiger charge is -2.18. The van der Waals surface area contributed by atoms with E-state index in [0.29, 0.717) is 5.56 Å². The number of hydrogen-bond acceptors (Lipinski definition) is 3. The first-order valence-corrected chi connectivity index (χ1v) is 7.19. The highest BCUT2D eigenvalue weighted by atomic mass is 16.1. The SMILES string of the molecule is CC[C@H](NC(=O)c1cc(C)nc(C)c1)c1ncccc1C. The molecule has 0 saturated heterocycles. The van der Waals surface area contributed by atoms with Crippen LogP contribution in [-0.2, 0) is 0 Å². The molecule has 0 aromatic carbocycles. The minimum atomic E-state index is -0.0829. The van der Waals surface area contributed by atoms with E-state index in [4.69, 9.17) is 0 Å². The van der Waals surface area contributed by atoms with Gasteiger partial charge in [0, 0.05) is 23.1 Å². The molecule has 2 aromatic heterocycles. The monoisotopic (exact) mass is 283 g/mol. The second-order valence-electron chi connectivity index (χ2n) is 5.28. The van der Waals surface area contributed by atoms with Crippen LogP contribution in [0.5, 0.6) is 0 Å². The van der Waals surface area contributed by atoms with Crippen molar-refractivity contribution in [2.45, 2.75) is 40.2 Å². The van der Waals surface area contributed by atoms with Gasteiger partial charge >= 0.3 is 0 Å². The molecular weight excluding hydrogens is 262 g/mol. The van der Waals surface area contributed by atoms with Gasteiger partial charge in [0.15, 0.2) is 0 Å². The molecule has 0 fully saturated rings. The van der Waals surface area contributed by atoms with Crippen LogP contribution in [0, 0.1) is 20.8 Å². The van der Waals surface area contributed by atoms with Crippen LogP contribution in [0.1, 0.15) is 52.4 Å². The van der Waals surface area contributed by atoms with Crippen LogP contribution >= 0.6 is 0 Å². The van der Waals surface area contributed by atoms with Crippen molar-refractivity contribution in [3.05, 3.63) is 58.7 Å². The van der Waals surface area contributed by atoms with Crippen molar-refractivity contribution in [3.8, 4) is 0 Å². The maximum absolute atomic E-state index is 12.4. The number of nitrogens with zero attached hydrogens (tertiary/aromatic N) is 2. The summed E-state index contributed by atoms with van der Waals surface area (Å²) in [6.45, 7) is 7.84. The fourth-order valence-electron chi connectivity index (χ4n) is 2.43. The lowest BCUT2D eigenvalue weighted by molar-refractivity contribution is 0.0934. The van der Waals surface area contributed by atoms with Crippen LogP contribution in [0.25, 0.3) is 0 Å². The first-order chi connectivity index (χ1) is 10.0. The third-order valence-corrected chi connectivity index (χ3v) is 3.44. The Morgan fingerprint density at radius 2 is 1.90 bits per heavy atom. The van der Waals surface area contributed by atoms with Crippen LogP contribution in [0.4, 0.5) is 0 Å². The van der Waals surface area contributed by atoms with Crippen LogP contribution in [0.15, 0.2) is 30.5 Å². The molecule has 0 bridgehead atoms. The van der Waals surface area contributed by atoms with Gasteiger partial charge < -0.3 is 5.32 Å². The van der Waals surface area contributed by atoms with Gasteiger partial charge in [0.05, 0.1) is 11.7 Å². The number of nitrogens with one attached hydrogen (secondary N) is 1. The fraction of sp³-hybridized carbons (Fsp3) is 0.353. The van der Waals surface area contributed by atoms with Crippen molar-refractivity contribution >= 4 is 5.91 Å². The van der Waals surface area contributed by atoms with Crippen molar-refractivity contribution in [1.29, 1.82) is 0 Å². The highest BCUT2D eigenvalue weighted by Gasteiger charge is 2.17. The molecule has 0 aliphatic carbocycles. The summed E-state index contributed by atoms with van der Waals surface area (Å²) >= 11 is 0. The Morgan fingerprint density at radius 1 is 1.24 bits per heavy atom. The van der Waals surface area contributed by atoms with Crippen LogP contribution in [0.3, 0.4) is 0 Å². The summed E-state index contributed by atoms with van der Waals surface area (Å²) in [5.74, 6) is -0.0829. The summed E-state index contributed by atoms with van der Waals surface area (Å²) in [6, 6.07) is 7.45. The van der Waals surface area contributed by atoms with E-state index in [2.05, 4.69) is 15.3 Å². The van der Waals surface area contributed by atoms with Gasteiger partial charge in [0.1, 0.15) is 0 Å². The molecule has 1 N–H and O–H groups in total.